The Bertz CT molecular complexity index is 961. The Hall–Kier alpha value is -1.86. The lowest BCUT2D eigenvalue weighted by molar-refractivity contribution is 0.619. The van der Waals surface area contributed by atoms with Gasteiger partial charge in [-0.2, -0.15) is 5.10 Å². The Kier molecular flexibility index (Phi) is 5.98. The number of nitrogens with one attached hydrogen (secondary N) is 2. The van der Waals surface area contributed by atoms with Crippen molar-refractivity contribution in [1.29, 1.82) is 0 Å². The van der Waals surface area contributed by atoms with Gasteiger partial charge in [0, 0.05) is 11.2 Å². The molecule has 9 heteroatoms. The van der Waals surface area contributed by atoms with E-state index in [1.165, 1.54) is 12.1 Å². The highest BCUT2D eigenvalue weighted by Gasteiger charge is 2.10. The standard InChI is InChI=1S/C17H12Cl3FN4S/c18-11-4-5-15(13(19)7-11)22-17(26)23-16-14(20)9-25(24-16)8-10-2-1-3-12(21)6-10/h1-7,9H,8H2,(H2,22,23,24,26). The van der Waals surface area contributed by atoms with Crippen LogP contribution >= 0.6 is 47.0 Å². The molecule has 0 saturated carbocycles. The Labute approximate surface area is 169 Å². The summed E-state index contributed by atoms with van der Waals surface area (Å²) in [6.45, 7) is 0.377. The van der Waals surface area contributed by atoms with Crippen molar-refractivity contribution in [2.75, 3.05) is 10.6 Å². The molecule has 0 aliphatic carbocycles. The molecule has 3 rings (SSSR count). The van der Waals surface area contributed by atoms with E-state index in [-0.39, 0.29) is 10.9 Å². The molecule has 0 radical (unpaired) electrons. The van der Waals surface area contributed by atoms with Gasteiger partial charge >= 0.3 is 0 Å². The van der Waals surface area contributed by atoms with Crippen molar-refractivity contribution in [2.24, 2.45) is 0 Å². The number of halogens is 4. The second kappa shape index (κ2) is 8.22. The van der Waals surface area contributed by atoms with Crippen LogP contribution in [-0.2, 0) is 6.54 Å². The number of hydrogen-bond donors (Lipinski definition) is 2. The summed E-state index contributed by atoms with van der Waals surface area (Å²) in [6.07, 6.45) is 1.63. The average Bonchev–Trinajstić information content (AvgIpc) is 2.89. The van der Waals surface area contributed by atoms with Crippen LogP contribution in [0.5, 0.6) is 0 Å². The van der Waals surface area contributed by atoms with E-state index in [2.05, 4.69) is 15.7 Å². The van der Waals surface area contributed by atoms with E-state index in [0.29, 0.717) is 33.1 Å². The predicted molar refractivity (Wildman–Crippen MR) is 109 cm³/mol. The van der Waals surface area contributed by atoms with E-state index in [1.54, 1.807) is 41.2 Å². The van der Waals surface area contributed by atoms with Gasteiger partial charge in [0.15, 0.2) is 10.9 Å². The summed E-state index contributed by atoms with van der Waals surface area (Å²) in [5, 5.41) is 11.8. The van der Waals surface area contributed by atoms with Crippen molar-refractivity contribution in [2.45, 2.75) is 6.54 Å². The van der Waals surface area contributed by atoms with Gasteiger partial charge < -0.3 is 10.6 Å². The molecule has 3 aromatic rings. The summed E-state index contributed by atoms with van der Waals surface area (Å²) in [7, 11) is 0. The predicted octanol–water partition coefficient (Wildman–Crippen LogP) is 5.84. The van der Waals surface area contributed by atoms with Crippen molar-refractivity contribution in [3.63, 3.8) is 0 Å². The molecule has 0 aliphatic heterocycles. The van der Waals surface area contributed by atoms with E-state index in [1.807, 2.05) is 0 Å². The van der Waals surface area contributed by atoms with Crippen LogP contribution in [0.25, 0.3) is 0 Å². The SMILES string of the molecule is Fc1cccc(Cn2cc(Cl)c(NC(=S)Nc3ccc(Cl)cc3Cl)n2)c1. The number of aromatic nitrogens is 2. The van der Waals surface area contributed by atoms with E-state index in [9.17, 15) is 4.39 Å². The molecule has 26 heavy (non-hydrogen) atoms. The normalized spacial score (nSPS) is 10.6. The highest BCUT2D eigenvalue weighted by Crippen LogP contribution is 2.26. The summed E-state index contributed by atoms with van der Waals surface area (Å²) in [5.41, 5.74) is 1.37. The number of rotatable bonds is 4. The van der Waals surface area contributed by atoms with Gasteiger partial charge in [-0.25, -0.2) is 4.39 Å². The molecule has 0 atom stereocenters. The molecule has 0 unspecified atom stereocenters. The average molecular weight is 430 g/mol. The number of benzene rings is 2. The summed E-state index contributed by atoms with van der Waals surface area (Å²) in [6, 6.07) is 11.3. The molecule has 1 heterocycles. The number of nitrogens with zero attached hydrogens (tertiary/aromatic N) is 2. The highest BCUT2D eigenvalue weighted by atomic mass is 35.5. The largest absolute Gasteiger partial charge is 0.331 e. The molecule has 1 aromatic heterocycles. The molecule has 2 aromatic carbocycles. The van der Waals surface area contributed by atoms with Gasteiger partial charge in [0.05, 0.1) is 17.3 Å². The van der Waals surface area contributed by atoms with Gasteiger partial charge in [-0.05, 0) is 48.1 Å². The van der Waals surface area contributed by atoms with Gasteiger partial charge in [-0.1, -0.05) is 46.9 Å². The molecule has 2 N–H and O–H groups in total. The number of thiocarbonyl (C=S) groups is 1. The quantitative estimate of drug-likeness (QED) is 0.511. The summed E-state index contributed by atoms with van der Waals surface area (Å²) >= 11 is 23.4. The molecule has 0 fully saturated rings. The minimum Gasteiger partial charge on any atom is -0.331 e. The Balaban J connectivity index is 1.68. The third kappa shape index (κ3) is 4.86. The molecule has 0 aliphatic rings. The molecule has 0 spiro atoms. The summed E-state index contributed by atoms with van der Waals surface area (Å²) < 4.78 is 14.9. The summed E-state index contributed by atoms with van der Waals surface area (Å²) in [5.74, 6) is 0.0787. The minimum atomic E-state index is -0.302. The molecule has 134 valence electrons. The van der Waals surface area contributed by atoms with Gasteiger partial charge in [-0.15, -0.1) is 0 Å². The fourth-order valence-electron chi connectivity index (χ4n) is 2.24. The molecule has 0 saturated heterocycles. The van der Waals surface area contributed by atoms with Crippen LogP contribution in [0, 0.1) is 5.82 Å². The first-order valence-electron chi connectivity index (χ1n) is 7.41. The number of anilines is 2. The van der Waals surface area contributed by atoms with Gasteiger partial charge in [0.25, 0.3) is 0 Å². The first kappa shape index (κ1) is 18.9. The molecule has 4 nitrogen and oxygen atoms in total. The van der Waals surface area contributed by atoms with Crippen molar-refractivity contribution < 1.29 is 4.39 Å². The lowest BCUT2D eigenvalue weighted by Gasteiger charge is -2.10. The van der Waals surface area contributed by atoms with Crippen molar-refractivity contribution in [1.82, 2.24) is 9.78 Å². The van der Waals surface area contributed by atoms with Crippen LogP contribution in [0.2, 0.25) is 15.1 Å². The first-order valence-corrected chi connectivity index (χ1v) is 8.95. The van der Waals surface area contributed by atoms with Crippen molar-refractivity contribution in [3.05, 3.63) is 75.1 Å². The Morgan fingerprint density at radius 1 is 1.08 bits per heavy atom. The van der Waals surface area contributed by atoms with Crippen molar-refractivity contribution in [3.8, 4) is 0 Å². The maximum Gasteiger partial charge on any atom is 0.176 e. The lowest BCUT2D eigenvalue weighted by atomic mass is 10.2. The van der Waals surface area contributed by atoms with Crippen molar-refractivity contribution >= 4 is 63.6 Å². The zero-order chi connectivity index (χ0) is 18.7. The Morgan fingerprint density at radius 2 is 1.88 bits per heavy atom. The fourth-order valence-corrected chi connectivity index (χ4v) is 3.10. The van der Waals surface area contributed by atoms with Crippen LogP contribution in [0.3, 0.4) is 0 Å². The zero-order valence-electron chi connectivity index (χ0n) is 13.1. The Morgan fingerprint density at radius 3 is 2.62 bits per heavy atom. The van der Waals surface area contributed by atoms with E-state index < -0.39 is 0 Å². The second-order valence-electron chi connectivity index (χ2n) is 5.36. The second-order valence-corrected chi connectivity index (χ2v) is 7.02. The third-order valence-electron chi connectivity index (χ3n) is 3.36. The topological polar surface area (TPSA) is 41.9 Å². The van der Waals surface area contributed by atoms with Crippen LogP contribution in [0.15, 0.2) is 48.7 Å². The minimum absolute atomic E-state index is 0.270. The van der Waals surface area contributed by atoms with Gasteiger partial charge in [0.1, 0.15) is 10.8 Å². The van der Waals surface area contributed by atoms with Gasteiger partial charge in [-0.3, -0.25) is 4.68 Å². The van der Waals surface area contributed by atoms with Gasteiger partial charge in [0.2, 0.25) is 0 Å². The van der Waals surface area contributed by atoms with E-state index in [4.69, 9.17) is 47.0 Å². The lowest BCUT2D eigenvalue weighted by Crippen LogP contribution is -2.20. The van der Waals surface area contributed by atoms with E-state index >= 15 is 0 Å². The van der Waals surface area contributed by atoms with Crippen LogP contribution < -0.4 is 10.6 Å². The fraction of sp³-hybridized carbons (Fsp3) is 0.0588. The van der Waals surface area contributed by atoms with Crippen LogP contribution in [0.1, 0.15) is 5.56 Å². The number of hydrogen-bond acceptors (Lipinski definition) is 2. The highest BCUT2D eigenvalue weighted by molar-refractivity contribution is 7.80. The smallest absolute Gasteiger partial charge is 0.176 e. The molecular weight excluding hydrogens is 418 g/mol. The molecular formula is C17H12Cl3FN4S. The first-order chi connectivity index (χ1) is 12.4. The molecule has 0 amide bonds. The third-order valence-corrected chi connectivity index (χ3v) is 4.39. The molecule has 0 bridgehead atoms. The van der Waals surface area contributed by atoms with Crippen LogP contribution in [0.4, 0.5) is 15.9 Å². The monoisotopic (exact) mass is 428 g/mol. The summed E-state index contributed by atoms with van der Waals surface area (Å²) in [4.78, 5) is 0. The maximum atomic E-state index is 13.3. The van der Waals surface area contributed by atoms with E-state index in [0.717, 1.165) is 5.56 Å². The van der Waals surface area contributed by atoms with Crippen LogP contribution in [-0.4, -0.2) is 14.9 Å². The maximum absolute atomic E-state index is 13.3. The zero-order valence-corrected chi connectivity index (χ0v) is 16.2.